The molecule has 9 nitrogen and oxygen atoms in total. The predicted octanol–water partition coefficient (Wildman–Crippen LogP) is 5.53. The molecule has 1 amide bonds. The van der Waals surface area contributed by atoms with Crippen LogP contribution in [-0.4, -0.2) is 50.1 Å². The van der Waals surface area contributed by atoms with Crippen molar-refractivity contribution in [3.63, 3.8) is 0 Å². The number of Topliss-reactive ketones (excluding diaryl/α,β-unsaturated/α-hetero) is 1. The summed E-state index contributed by atoms with van der Waals surface area (Å²) in [4.78, 5) is 29.8. The molecule has 0 radical (unpaired) electrons. The summed E-state index contributed by atoms with van der Waals surface area (Å²) in [5.74, 6) is 0.250. The fraction of sp³-hybridized carbons (Fsp3) is 0.235. The van der Waals surface area contributed by atoms with E-state index in [1.807, 2.05) is 49.5 Å². The van der Waals surface area contributed by atoms with Crippen LogP contribution in [0.25, 0.3) is 16.8 Å². The highest BCUT2D eigenvalue weighted by Gasteiger charge is 2.21. The first-order valence-electron chi connectivity index (χ1n) is 14.3. The molecule has 0 atom stereocenters. The lowest BCUT2D eigenvalue weighted by atomic mass is 10.0. The van der Waals surface area contributed by atoms with E-state index >= 15 is 0 Å². The number of ether oxygens (including phenoxy) is 1. The molecule has 0 unspecified atom stereocenters. The van der Waals surface area contributed by atoms with E-state index in [-0.39, 0.29) is 30.5 Å². The Labute approximate surface area is 254 Å². The first-order valence-corrected chi connectivity index (χ1v) is 14.3. The summed E-state index contributed by atoms with van der Waals surface area (Å²) in [5.41, 5.74) is 4.46. The number of amides is 1. The number of benzene rings is 3. The van der Waals surface area contributed by atoms with Crippen LogP contribution in [-0.2, 0) is 17.6 Å². The van der Waals surface area contributed by atoms with Gasteiger partial charge >= 0.3 is 0 Å². The van der Waals surface area contributed by atoms with E-state index in [9.17, 15) is 19.1 Å². The number of aromatic nitrogens is 3. The number of carbonyl (C=O) groups is 2. The van der Waals surface area contributed by atoms with Crippen LogP contribution in [0.3, 0.4) is 0 Å². The summed E-state index contributed by atoms with van der Waals surface area (Å²) in [6, 6.07) is 22.6. The maximum Gasteiger partial charge on any atom is 0.251 e. The van der Waals surface area contributed by atoms with Crippen LogP contribution in [0.2, 0.25) is 0 Å². The zero-order chi connectivity index (χ0) is 31.3. The van der Waals surface area contributed by atoms with Gasteiger partial charge in [0, 0.05) is 30.2 Å². The maximum atomic E-state index is 13.1. The van der Waals surface area contributed by atoms with Crippen LogP contribution in [0.1, 0.15) is 42.3 Å². The summed E-state index contributed by atoms with van der Waals surface area (Å²) in [7, 11) is 0. The van der Waals surface area contributed by atoms with Crippen molar-refractivity contribution >= 4 is 29.0 Å². The van der Waals surface area contributed by atoms with E-state index < -0.39 is 5.54 Å². The van der Waals surface area contributed by atoms with Gasteiger partial charge in [-0.3, -0.25) is 9.59 Å². The van der Waals surface area contributed by atoms with Gasteiger partial charge in [-0.05, 0) is 79.9 Å². The summed E-state index contributed by atoms with van der Waals surface area (Å²) in [6.45, 7) is 5.54. The topological polar surface area (TPSA) is 118 Å². The Morgan fingerprint density at radius 2 is 1.59 bits per heavy atom. The molecule has 5 rings (SSSR count). The van der Waals surface area contributed by atoms with E-state index in [0.29, 0.717) is 41.6 Å². The monoisotopic (exact) mass is 595 g/mol. The minimum Gasteiger partial charge on any atom is -0.492 e. The average Bonchev–Trinajstić information content (AvgIpc) is 3.41. The van der Waals surface area contributed by atoms with Crippen LogP contribution < -0.4 is 15.4 Å². The summed E-state index contributed by atoms with van der Waals surface area (Å²) in [5, 5.41) is 20.0. The molecule has 3 N–H and O–H groups in total. The van der Waals surface area contributed by atoms with Crippen molar-refractivity contribution in [2.24, 2.45) is 0 Å². The molecule has 0 saturated carbocycles. The van der Waals surface area contributed by atoms with Gasteiger partial charge < -0.3 is 20.5 Å². The van der Waals surface area contributed by atoms with Crippen molar-refractivity contribution in [3.8, 4) is 16.9 Å². The summed E-state index contributed by atoms with van der Waals surface area (Å²) < 4.78 is 20.6. The lowest BCUT2D eigenvalue weighted by Gasteiger charge is -2.23. The number of pyridine rings is 1. The van der Waals surface area contributed by atoms with Crippen molar-refractivity contribution in [1.29, 1.82) is 0 Å². The molecule has 3 aromatic carbocycles. The summed E-state index contributed by atoms with van der Waals surface area (Å²) in [6.07, 6.45) is 2.43. The zero-order valence-corrected chi connectivity index (χ0v) is 24.8. The number of hydrogen-bond acceptors (Lipinski definition) is 7. The number of hydrogen-bond donors (Lipinski definition) is 3. The second-order valence-electron chi connectivity index (χ2n) is 11.1. The number of aliphatic hydroxyl groups is 1. The third-order valence-electron chi connectivity index (χ3n) is 6.97. The van der Waals surface area contributed by atoms with Crippen molar-refractivity contribution < 1.29 is 23.8 Å². The highest BCUT2D eigenvalue weighted by Crippen LogP contribution is 2.29. The van der Waals surface area contributed by atoms with Gasteiger partial charge in [0.05, 0.1) is 24.4 Å². The molecular formula is C34H34FN5O4. The number of halogens is 1. The largest absolute Gasteiger partial charge is 0.492 e. The van der Waals surface area contributed by atoms with E-state index in [4.69, 9.17) is 4.74 Å². The van der Waals surface area contributed by atoms with Gasteiger partial charge in [0.1, 0.15) is 17.3 Å². The van der Waals surface area contributed by atoms with Gasteiger partial charge in [-0.1, -0.05) is 36.4 Å². The quantitative estimate of drug-likeness (QED) is 0.174. The van der Waals surface area contributed by atoms with Gasteiger partial charge in [0.15, 0.2) is 5.65 Å². The first-order chi connectivity index (χ1) is 21.1. The van der Waals surface area contributed by atoms with Gasteiger partial charge in [-0.2, -0.15) is 4.98 Å². The Balaban J connectivity index is 1.28. The summed E-state index contributed by atoms with van der Waals surface area (Å²) >= 11 is 0. The zero-order valence-electron chi connectivity index (χ0n) is 24.8. The Morgan fingerprint density at radius 3 is 2.25 bits per heavy atom. The molecule has 5 aromatic rings. The Hall–Kier alpha value is -5.09. The lowest BCUT2D eigenvalue weighted by molar-refractivity contribution is -0.117. The second-order valence-corrected chi connectivity index (χ2v) is 11.1. The van der Waals surface area contributed by atoms with Crippen molar-refractivity contribution in [3.05, 3.63) is 108 Å². The molecule has 44 heavy (non-hydrogen) atoms. The SMILES string of the molecule is CCOc1cc(C(=O)NC(C)(C)CO)ccc1Nc1nc2ccc(-c3ccc(CC(=O)Cc4ccc(F)cc4)cc3)cn2n1. The van der Waals surface area contributed by atoms with E-state index in [1.165, 1.54) is 12.1 Å². The van der Waals surface area contributed by atoms with Crippen LogP contribution in [0.15, 0.2) is 85.1 Å². The molecular weight excluding hydrogens is 561 g/mol. The van der Waals surface area contributed by atoms with E-state index in [2.05, 4.69) is 20.7 Å². The number of rotatable bonds is 12. The van der Waals surface area contributed by atoms with Crippen molar-refractivity contribution in [1.82, 2.24) is 19.9 Å². The van der Waals surface area contributed by atoms with Gasteiger partial charge in [0.25, 0.3) is 5.91 Å². The molecule has 226 valence electrons. The van der Waals surface area contributed by atoms with Crippen LogP contribution in [0.4, 0.5) is 16.0 Å². The predicted molar refractivity (Wildman–Crippen MR) is 167 cm³/mol. The van der Waals surface area contributed by atoms with Gasteiger partial charge in [-0.25, -0.2) is 8.91 Å². The third-order valence-corrected chi connectivity index (χ3v) is 6.97. The standard InChI is InChI=1S/C34H34FN5O4/c1-4-44-30-19-25(32(43)38-34(2,3)21-41)11-15-29(30)36-33-37-31-16-12-26(20-40(31)39-33)24-9-5-22(6-10-24)17-28(42)18-23-7-13-27(35)14-8-23/h5-16,19-20,41H,4,17-18,21H2,1-3H3,(H,36,39)(H,38,43). The Kier molecular flexibility index (Phi) is 9.01. The van der Waals surface area contributed by atoms with E-state index in [1.54, 1.807) is 48.7 Å². The van der Waals surface area contributed by atoms with Gasteiger partial charge in [0.2, 0.25) is 5.95 Å². The van der Waals surface area contributed by atoms with Crippen LogP contribution in [0, 0.1) is 5.82 Å². The Bertz CT molecular complexity index is 1780. The third kappa shape index (κ3) is 7.45. The second kappa shape index (κ2) is 13.0. The highest BCUT2D eigenvalue weighted by molar-refractivity contribution is 5.96. The highest BCUT2D eigenvalue weighted by atomic mass is 19.1. The molecule has 0 aliphatic carbocycles. The molecule has 10 heteroatoms. The average molecular weight is 596 g/mol. The maximum absolute atomic E-state index is 13.1. The Morgan fingerprint density at radius 1 is 0.932 bits per heavy atom. The molecule has 0 aliphatic rings. The molecule has 2 aromatic heterocycles. The minimum atomic E-state index is -0.758. The van der Waals surface area contributed by atoms with E-state index in [0.717, 1.165) is 22.3 Å². The number of nitrogens with zero attached hydrogens (tertiary/aromatic N) is 3. The fourth-order valence-electron chi connectivity index (χ4n) is 4.62. The van der Waals surface area contributed by atoms with Crippen LogP contribution >= 0.6 is 0 Å². The van der Waals surface area contributed by atoms with Crippen molar-refractivity contribution in [2.45, 2.75) is 39.2 Å². The first kappa shape index (κ1) is 30.4. The number of carbonyl (C=O) groups excluding carboxylic acids is 2. The fourth-order valence-corrected chi connectivity index (χ4v) is 4.62. The smallest absolute Gasteiger partial charge is 0.251 e. The number of nitrogens with one attached hydrogen (secondary N) is 2. The molecule has 0 fully saturated rings. The van der Waals surface area contributed by atoms with Crippen molar-refractivity contribution in [2.75, 3.05) is 18.5 Å². The normalized spacial score (nSPS) is 11.4. The molecule has 0 spiro atoms. The van der Waals surface area contributed by atoms with Gasteiger partial charge in [-0.15, -0.1) is 5.10 Å². The van der Waals surface area contributed by atoms with Crippen LogP contribution in [0.5, 0.6) is 5.75 Å². The molecule has 0 bridgehead atoms. The minimum absolute atomic E-state index is 0.0597. The molecule has 0 aliphatic heterocycles. The molecule has 2 heterocycles. The number of fused-ring (bicyclic) bond motifs is 1. The number of anilines is 2. The number of ketones is 1. The molecule has 0 saturated heterocycles. The lowest BCUT2D eigenvalue weighted by Crippen LogP contribution is -2.46. The number of aliphatic hydroxyl groups excluding tert-OH is 1.